The van der Waals surface area contributed by atoms with Crippen LogP contribution in [0.1, 0.15) is 23.9 Å². The van der Waals surface area contributed by atoms with E-state index in [9.17, 15) is 4.39 Å². The quantitative estimate of drug-likeness (QED) is 0.360. The maximum absolute atomic E-state index is 14.6. The number of benzene rings is 1. The van der Waals surface area contributed by atoms with Gasteiger partial charge in [0.2, 0.25) is 0 Å². The van der Waals surface area contributed by atoms with Gasteiger partial charge in [0.25, 0.3) is 0 Å². The normalized spacial score (nSPS) is 13.1. The fourth-order valence-corrected chi connectivity index (χ4v) is 4.53. The number of imidazole rings is 1. The molecule has 1 aromatic carbocycles. The highest BCUT2D eigenvalue weighted by molar-refractivity contribution is 6.16. The summed E-state index contributed by atoms with van der Waals surface area (Å²) in [6, 6.07) is 12.6. The highest BCUT2D eigenvalue weighted by Crippen LogP contribution is 2.31. The molecule has 0 unspecified atom stereocenters. The van der Waals surface area contributed by atoms with Crippen LogP contribution in [0, 0.1) is 5.82 Å². The number of nitrogens with one attached hydrogen (secondary N) is 2. The van der Waals surface area contributed by atoms with E-state index < -0.39 is 0 Å². The van der Waals surface area contributed by atoms with E-state index in [1.54, 1.807) is 24.4 Å². The van der Waals surface area contributed by atoms with Gasteiger partial charge >= 0.3 is 0 Å². The number of nitrogens with zero attached hydrogens (tertiary/aromatic N) is 6. The van der Waals surface area contributed by atoms with Crippen molar-refractivity contribution in [1.82, 2.24) is 30.2 Å². The Balaban J connectivity index is 1.44. The Labute approximate surface area is 213 Å². The largest absolute Gasteiger partial charge is 0.340 e. The van der Waals surface area contributed by atoms with E-state index >= 15 is 0 Å². The third kappa shape index (κ3) is 4.23. The molecule has 37 heavy (non-hydrogen) atoms. The molecule has 0 bridgehead atoms. The number of halogens is 1. The van der Waals surface area contributed by atoms with E-state index in [1.165, 1.54) is 6.07 Å². The molecule has 1 aliphatic rings. The van der Waals surface area contributed by atoms with Gasteiger partial charge in [-0.3, -0.25) is 15.0 Å². The molecule has 5 aromatic rings. The predicted molar refractivity (Wildman–Crippen MR) is 143 cm³/mol. The minimum atomic E-state index is -0.340. The number of aromatic amines is 1. The average molecular weight is 493 g/mol. The number of hydrogen-bond donors (Lipinski definition) is 2. The molecule has 0 amide bonds. The highest BCUT2D eigenvalue weighted by Gasteiger charge is 2.24. The first-order chi connectivity index (χ1) is 18.1. The van der Waals surface area contributed by atoms with E-state index in [0.717, 1.165) is 46.7 Å². The number of anilines is 1. The van der Waals surface area contributed by atoms with Crippen LogP contribution < -0.4 is 10.2 Å². The topological polar surface area (TPSA) is 95.0 Å². The minimum absolute atomic E-state index is 0.340. The van der Waals surface area contributed by atoms with Crippen LogP contribution in [0.4, 0.5) is 10.2 Å². The van der Waals surface area contributed by atoms with Crippen molar-refractivity contribution in [3.05, 3.63) is 90.0 Å². The summed E-state index contributed by atoms with van der Waals surface area (Å²) in [4.78, 5) is 28.7. The fourth-order valence-electron chi connectivity index (χ4n) is 4.53. The van der Waals surface area contributed by atoms with Gasteiger partial charge in [0, 0.05) is 60.6 Å². The van der Waals surface area contributed by atoms with Gasteiger partial charge in [0.05, 0.1) is 5.52 Å². The van der Waals surface area contributed by atoms with Crippen LogP contribution in [-0.2, 0) is 6.54 Å². The zero-order valence-corrected chi connectivity index (χ0v) is 20.5. The standard InChI is InChI=1S/C28H25FN8/c1-3-30-12-17-10-18(14-31-13-17)19-11-21-25(34-16-37(2)28(21)33-15-19)27-35-23-8-9-32-24(26(23)36-27)20-6-4-5-7-22(20)29/h4-11,13-15,30H,3,12,16H2,1-2H3,(H,35,36). The van der Waals surface area contributed by atoms with Crippen molar-refractivity contribution >= 4 is 22.6 Å². The second kappa shape index (κ2) is 9.51. The third-order valence-electron chi connectivity index (χ3n) is 6.39. The smallest absolute Gasteiger partial charge is 0.157 e. The summed E-state index contributed by atoms with van der Waals surface area (Å²) < 4.78 is 14.6. The van der Waals surface area contributed by atoms with Gasteiger partial charge < -0.3 is 15.2 Å². The Morgan fingerprint density at radius 1 is 1.03 bits per heavy atom. The van der Waals surface area contributed by atoms with Crippen molar-refractivity contribution in [2.45, 2.75) is 13.5 Å². The molecule has 0 radical (unpaired) electrons. The van der Waals surface area contributed by atoms with E-state index in [2.05, 4.69) is 39.3 Å². The molecule has 6 rings (SSSR count). The Hall–Kier alpha value is -4.50. The van der Waals surface area contributed by atoms with Crippen LogP contribution in [-0.4, -0.2) is 50.9 Å². The Morgan fingerprint density at radius 2 is 1.89 bits per heavy atom. The van der Waals surface area contributed by atoms with Crippen molar-refractivity contribution in [2.75, 3.05) is 25.2 Å². The first kappa shape index (κ1) is 22.9. The van der Waals surface area contributed by atoms with Crippen LogP contribution in [0.5, 0.6) is 0 Å². The molecule has 0 fully saturated rings. The molecular formula is C28H25FN8. The molecule has 0 aliphatic carbocycles. The first-order valence-corrected chi connectivity index (χ1v) is 12.1. The molecule has 4 aromatic heterocycles. The van der Waals surface area contributed by atoms with Gasteiger partial charge in [-0.15, -0.1) is 0 Å². The summed E-state index contributed by atoms with van der Waals surface area (Å²) in [6.45, 7) is 4.17. The molecule has 8 nitrogen and oxygen atoms in total. The molecule has 2 N–H and O–H groups in total. The SMILES string of the molecule is CCNCc1cncc(-c2cnc3c(c2)C(c2nc4c(-c5ccccc5F)nccc4[nH]2)=NCN3C)c1. The Morgan fingerprint density at radius 3 is 2.76 bits per heavy atom. The monoisotopic (exact) mass is 492 g/mol. The van der Waals surface area contributed by atoms with Gasteiger partial charge in [0.1, 0.15) is 35.2 Å². The number of fused-ring (bicyclic) bond motifs is 2. The molecule has 0 atom stereocenters. The number of pyridine rings is 3. The average Bonchev–Trinajstić information content (AvgIpc) is 3.37. The lowest BCUT2D eigenvalue weighted by molar-refractivity contribution is 0.631. The molecule has 0 saturated carbocycles. The van der Waals surface area contributed by atoms with Crippen LogP contribution in [0.2, 0.25) is 0 Å². The zero-order valence-electron chi connectivity index (χ0n) is 20.5. The summed E-state index contributed by atoms with van der Waals surface area (Å²) in [7, 11) is 1.96. The number of aromatic nitrogens is 5. The Kier molecular flexibility index (Phi) is 5.90. The number of hydrogen-bond acceptors (Lipinski definition) is 7. The lowest BCUT2D eigenvalue weighted by atomic mass is 10.0. The van der Waals surface area contributed by atoms with Crippen LogP contribution in [0.25, 0.3) is 33.4 Å². The van der Waals surface area contributed by atoms with E-state index in [-0.39, 0.29) is 5.82 Å². The molecular weight excluding hydrogens is 467 g/mol. The van der Waals surface area contributed by atoms with Gasteiger partial charge in [-0.05, 0) is 42.4 Å². The van der Waals surface area contributed by atoms with Crippen molar-refractivity contribution in [3.63, 3.8) is 0 Å². The molecule has 184 valence electrons. The summed E-state index contributed by atoms with van der Waals surface area (Å²) in [6.07, 6.45) is 7.23. The summed E-state index contributed by atoms with van der Waals surface area (Å²) >= 11 is 0. The lowest BCUT2D eigenvalue weighted by Gasteiger charge is -2.25. The molecule has 0 saturated heterocycles. The second-order valence-electron chi connectivity index (χ2n) is 8.92. The van der Waals surface area contributed by atoms with Gasteiger partial charge in [-0.25, -0.2) is 14.4 Å². The highest BCUT2D eigenvalue weighted by atomic mass is 19.1. The minimum Gasteiger partial charge on any atom is -0.340 e. The van der Waals surface area contributed by atoms with Crippen molar-refractivity contribution in [1.29, 1.82) is 0 Å². The van der Waals surface area contributed by atoms with Gasteiger partial charge in [-0.1, -0.05) is 19.1 Å². The Bertz CT molecular complexity index is 1640. The van der Waals surface area contributed by atoms with E-state index in [0.29, 0.717) is 35.0 Å². The molecule has 5 heterocycles. The van der Waals surface area contributed by atoms with Crippen LogP contribution in [0.3, 0.4) is 0 Å². The lowest BCUT2D eigenvalue weighted by Crippen LogP contribution is -2.28. The predicted octanol–water partition coefficient (Wildman–Crippen LogP) is 4.58. The van der Waals surface area contributed by atoms with Gasteiger partial charge in [-0.2, -0.15) is 0 Å². The fraction of sp³-hybridized carbons (Fsp3) is 0.179. The van der Waals surface area contributed by atoms with Crippen LogP contribution >= 0.6 is 0 Å². The van der Waals surface area contributed by atoms with Crippen LogP contribution in [0.15, 0.2) is 72.2 Å². The summed E-state index contributed by atoms with van der Waals surface area (Å²) in [5.41, 5.74) is 6.84. The maximum atomic E-state index is 14.6. The molecule has 0 spiro atoms. The maximum Gasteiger partial charge on any atom is 0.157 e. The number of aliphatic imine (C=N–C) groups is 1. The van der Waals surface area contributed by atoms with Gasteiger partial charge in [0.15, 0.2) is 5.82 Å². The van der Waals surface area contributed by atoms with E-state index in [4.69, 9.17) is 15.0 Å². The third-order valence-corrected chi connectivity index (χ3v) is 6.39. The summed E-state index contributed by atoms with van der Waals surface area (Å²) in [5.74, 6) is 1.07. The number of rotatable bonds is 6. The second-order valence-corrected chi connectivity index (χ2v) is 8.92. The molecule has 1 aliphatic heterocycles. The summed E-state index contributed by atoms with van der Waals surface area (Å²) in [5, 5.41) is 3.34. The first-order valence-electron chi connectivity index (χ1n) is 12.1. The van der Waals surface area contributed by atoms with Crippen molar-refractivity contribution in [3.8, 4) is 22.4 Å². The molecule has 9 heteroatoms. The zero-order chi connectivity index (χ0) is 25.4. The van der Waals surface area contributed by atoms with Crippen molar-refractivity contribution < 1.29 is 4.39 Å². The number of H-pyrrole nitrogens is 1. The van der Waals surface area contributed by atoms with E-state index in [1.807, 2.05) is 36.6 Å². The van der Waals surface area contributed by atoms with Crippen molar-refractivity contribution in [2.24, 2.45) is 4.99 Å².